The number of morpholine rings is 1. The zero-order valence-electron chi connectivity index (χ0n) is 19.7. The Bertz CT molecular complexity index is 528. The summed E-state index contributed by atoms with van der Waals surface area (Å²) >= 11 is 0. The normalized spacial score (nSPS) is 20.5. The van der Waals surface area contributed by atoms with Crippen LogP contribution in [-0.4, -0.2) is 88.2 Å². The zero-order valence-corrected chi connectivity index (χ0v) is 22.0. The van der Waals surface area contributed by atoms with Crippen LogP contribution in [0.5, 0.6) is 0 Å². The number of ether oxygens (including phenoxy) is 1. The van der Waals surface area contributed by atoms with Crippen molar-refractivity contribution in [2.24, 2.45) is 16.3 Å². The van der Waals surface area contributed by atoms with Gasteiger partial charge in [0.1, 0.15) is 0 Å². The molecule has 1 aliphatic carbocycles. The third kappa shape index (κ3) is 7.22. The van der Waals surface area contributed by atoms with E-state index in [2.05, 4.69) is 34.4 Å². The van der Waals surface area contributed by atoms with E-state index in [1.54, 1.807) is 4.90 Å². The van der Waals surface area contributed by atoms with Gasteiger partial charge in [0, 0.05) is 53.4 Å². The lowest BCUT2D eigenvalue weighted by atomic mass is 9.84. The predicted octanol–water partition coefficient (Wildman–Crippen LogP) is 2.56. The molecule has 2 fully saturated rings. The van der Waals surface area contributed by atoms with E-state index in [9.17, 15) is 4.79 Å². The standard InChI is InChI=1S/C22H43N5O2.HI/c1-6-18(7-2)19(27-12-14-29-15-13-27)16-24-21(23-3)25-17-22(10-8-9-11-22)20(28)26(4)5;/h18-19H,6-17H2,1-5H3,(H2,23,24,25);1H. The van der Waals surface area contributed by atoms with E-state index >= 15 is 0 Å². The predicted molar refractivity (Wildman–Crippen MR) is 135 cm³/mol. The Balaban J connectivity index is 0.00000450. The molecule has 2 aliphatic rings. The SMILES string of the molecule is CCC(CC)C(CNC(=NC)NCC1(C(=O)N(C)C)CCCC1)N1CCOCC1.I. The van der Waals surface area contributed by atoms with Crippen molar-refractivity contribution in [3.8, 4) is 0 Å². The van der Waals surface area contributed by atoms with E-state index in [4.69, 9.17) is 4.74 Å². The minimum absolute atomic E-state index is 0. The number of carbonyl (C=O) groups excluding carboxylic acids is 1. The minimum atomic E-state index is -0.292. The second-order valence-corrected chi connectivity index (χ2v) is 8.79. The lowest BCUT2D eigenvalue weighted by Crippen LogP contribution is -2.54. The zero-order chi connectivity index (χ0) is 21.3. The van der Waals surface area contributed by atoms with Gasteiger partial charge < -0.3 is 20.3 Å². The third-order valence-corrected chi connectivity index (χ3v) is 6.82. The summed E-state index contributed by atoms with van der Waals surface area (Å²) in [6.07, 6.45) is 6.51. The molecule has 1 saturated carbocycles. The van der Waals surface area contributed by atoms with Crippen LogP contribution in [0.15, 0.2) is 4.99 Å². The van der Waals surface area contributed by atoms with Crippen LogP contribution in [0.4, 0.5) is 0 Å². The van der Waals surface area contributed by atoms with Crippen molar-refractivity contribution < 1.29 is 9.53 Å². The maximum absolute atomic E-state index is 12.8. The van der Waals surface area contributed by atoms with Crippen molar-refractivity contribution >= 4 is 35.8 Å². The molecule has 1 heterocycles. The van der Waals surface area contributed by atoms with Gasteiger partial charge in [-0.2, -0.15) is 0 Å². The molecule has 30 heavy (non-hydrogen) atoms. The van der Waals surface area contributed by atoms with Gasteiger partial charge in [-0.15, -0.1) is 24.0 Å². The average Bonchev–Trinajstić information content (AvgIpc) is 3.23. The number of amides is 1. The molecule has 1 saturated heterocycles. The maximum Gasteiger partial charge on any atom is 0.230 e. The lowest BCUT2D eigenvalue weighted by molar-refractivity contribution is -0.138. The van der Waals surface area contributed by atoms with E-state index in [0.717, 1.165) is 64.5 Å². The molecule has 1 unspecified atom stereocenters. The van der Waals surface area contributed by atoms with E-state index in [1.807, 2.05) is 21.1 Å². The molecular formula is C22H44IN5O2. The fraction of sp³-hybridized carbons (Fsp3) is 0.909. The molecule has 1 aliphatic heterocycles. The fourth-order valence-corrected chi connectivity index (χ4v) is 5.00. The summed E-state index contributed by atoms with van der Waals surface area (Å²) in [5, 5.41) is 7.03. The molecule has 2 rings (SSSR count). The first kappa shape index (κ1) is 27.4. The second kappa shape index (κ2) is 13.7. The molecule has 7 nitrogen and oxygen atoms in total. The van der Waals surface area contributed by atoms with Crippen LogP contribution in [0.3, 0.4) is 0 Å². The van der Waals surface area contributed by atoms with Crippen LogP contribution in [0, 0.1) is 11.3 Å². The molecule has 1 amide bonds. The van der Waals surface area contributed by atoms with E-state index < -0.39 is 0 Å². The maximum atomic E-state index is 12.8. The molecule has 1 atom stereocenters. The largest absolute Gasteiger partial charge is 0.379 e. The Kier molecular flexibility index (Phi) is 12.5. The Morgan fingerprint density at radius 2 is 1.73 bits per heavy atom. The molecule has 2 N–H and O–H groups in total. The van der Waals surface area contributed by atoms with Gasteiger partial charge in [0.05, 0.1) is 18.6 Å². The Morgan fingerprint density at radius 1 is 1.13 bits per heavy atom. The first-order valence-corrected chi connectivity index (χ1v) is 11.5. The molecule has 176 valence electrons. The van der Waals surface area contributed by atoms with Gasteiger partial charge in [-0.05, 0) is 18.8 Å². The molecule has 0 radical (unpaired) electrons. The molecule has 8 heteroatoms. The first-order chi connectivity index (χ1) is 14.0. The summed E-state index contributed by atoms with van der Waals surface area (Å²) in [6, 6.07) is 0.469. The van der Waals surface area contributed by atoms with E-state index in [-0.39, 0.29) is 35.3 Å². The number of guanidine groups is 1. The molecule has 0 bridgehead atoms. The smallest absolute Gasteiger partial charge is 0.230 e. The summed E-state index contributed by atoms with van der Waals surface area (Å²) in [6.45, 7) is 9.70. The summed E-state index contributed by atoms with van der Waals surface area (Å²) in [7, 11) is 5.53. The van der Waals surface area contributed by atoms with Crippen LogP contribution in [0.25, 0.3) is 0 Å². The van der Waals surface area contributed by atoms with Crippen molar-refractivity contribution in [3.63, 3.8) is 0 Å². The summed E-state index contributed by atoms with van der Waals surface area (Å²) < 4.78 is 5.56. The molecule has 0 spiro atoms. The Morgan fingerprint density at radius 3 is 2.23 bits per heavy atom. The highest BCUT2D eigenvalue weighted by molar-refractivity contribution is 14.0. The van der Waals surface area contributed by atoms with Gasteiger partial charge in [0.25, 0.3) is 0 Å². The number of hydrogen-bond donors (Lipinski definition) is 2. The second-order valence-electron chi connectivity index (χ2n) is 8.79. The Labute approximate surface area is 200 Å². The van der Waals surface area contributed by atoms with Gasteiger partial charge in [-0.1, -0.05) is 39.5 Å². The van der Waals surface area contributed by atoms with Crippen molar-refractivity contribution in [2.75, 3.05) is 60.5 Å². The average molecular weight is 538 g/mol. The highest BCUT2D eigenvalue weighted by Crippen LogP contribution is 2.38. The van der Waals surface area contributed by atoms with Gasteiger partial charge in [0.2, 0.25) is 5.91 Å². The van der Waals surface area contributed by atoms with Crippen LogP contribution in [0.1, 0.15) is 52.4 Å². The topological polar surface area (TPSA) is 69.2 Å². The lowest BCUT2D eigenvalue weighted by Gasteiger charge is -2.39. The number of nitrogens with one attached hydrogen (secondary N) is 2. The van der Waals surface area contributed by atoms with Gasteiger partial charge in [0.15, 0.2) is 5.96 Å². The summed E-state index contributed by atoms with van der Waals surface area (Å²) in [4.78, 5) is 21.6. The van der Waals surface area contributed by atoms with Crippen LogP contribution in [-0.2, 0) is 9.53 Å². The quantitative estimate of drug-likeness (QED) is 0.269. The van der Waals surface area contributed by atoms with Crippen molar-refractivity contribution in [1.29, 1.82) is 0 Å². The number of rotatable bonds is 9. The van der Waals surface area contributed by atoms with Crippen molar-refractivity contribution in [3.05, 3.63) is 0 Å². The van der Waals surface area contributed by atoms with Crippen LogP contribution in [0.2, 0.25) is 0 Å². The fourth-order valence-electron chi connectivity index (χ4n) is 5.00. The molecule has 0 aromatic heterocycles. The molecular weight excluding hydrogens is 493 g/mol. The van der Waals surface area contributed by atoms with Crippen molar-refractivity contribution in [2.45, 2.75) is 58.4 Å². The number of aliphatic imine (C=N–C) groups is 1. The Hall–Kier alpha value is -0.610. The van der Waals surface area contributed by atoms with Crippen molar-refractivity contribution in [1.82, 2.24) is 20.4 Å². The van der Waals surface area contributed by atoms with E-state index in [1.165, 1.54) is 12.8 Å². The number of hydrogen-bond acceptors (Lipinski definition) is 4. The summed E-state index contributed by atoms with van der Waals surface area (Å²) in [5.74, 6) is 1.68. The van der Waals surface area contributed by atoms with Gasteiger partial charge in [-0.25, -0.2) is 0 Å². The number of nitrogens with zero attached hydrogens (tertiary/aromatic N) is 3. The minimum Gasteiger partial charge on any atom is -0.379 e. The number of halogens is 1. The van der Waals surface area contributed by atoms with E-state index in [0.29, 0.717) is 18.5 Å². The highest BCUT2D eigenvalue weighted by atomic mass is 127. The van der Waals surface area contributed by atoms with Gasteiger partial charge >= 0.3 is 0 Å². The monoisotopic (exact) mass is 537 g/mol. The van der Waals surface area contributed by atoms with Crippen LogP contribution < -0.4 is 10.6 Å². The summed E-state index contributed by atoms with van der Waals surface area (Å²) in [5.41, 5.74) is -0.292. The molecule has 0 aromatic carbocycles. The first-order valence-electron chi connectivity index (χ1n) is 11.5. The van der Waals surface area contributed by atoms with Gasteiger partial charge in [-0.3, -0.25) is 14.7 Å². The highest BCUT2D eigenvalue weighted by Gasteiger charge is 2.42. The third-order valence-electron chi connectivity index (χ3n) is 6.82. The van der Waals surface area contributed by atoms with Crippen LogP contribution >= 0.6 is 24.0 Å². The molecule has 0 aromatic rings. The number of carbonyl (C=O) groups is 1.